The van der Waals surface area contributed by atoms with Crippen molar-refractivity contribution in [3.8, 4) is 0 Å². The van der Waals surface area contributed by atoms with E-state index in [1.54, 1.807) is 0 Å². The van der Waals surface area contributed by atoms with E-state index in [0.29, 0.717) is 5.75 Å². The minimum absolute atomic E-state index is 0.169. The van der Waals surface area contributed by atoms with Gasteiger partial charge in [-0.15, -0.1) is 0 Å². The van der Waals surface area contributed by atoms with E-state index in [4.69, 9.17) is 4.03 Å². The van der Waals surface area contributed by atoms with Crippen molar-refractivity contribution >= 4 is 28.3 Å². The van der Waals surface area contributed by atoms with E-state index in [1.807, 2.05) is 42.5 Å². The number of hydrogen-bond donors (Lipinski definition) is 0. The Morgan fingerprint density at radius 2 is 1.31 bits per heavy atom. The van der Waals surface area contributed by atoms with Gasteiger partial charge in [0.05, 0.1) is 15.5 Å². The Hall–Kier alpha value is -2.43. The average molecular weight is 460 g/mol. The molecule has 0 saturated heterocycles. The molecule has 4 rings (SSSR count). The van der Waals surface area contributed by atoms with E-state index in [1.165, 1.54) is 15.9 Å². The molecular formula is C28H33NOSSi. The van der Waals surface area contributed by atoms with Crippen molar-refractivity contribution in [1.82, 2.24) is 0 Å². The van der Waals surface area contributed by atoms with Gasteiger partial charge >= 0.3 is 0 Å². The Kier molecular flexibility index (Phi) is 6.54. The highest BCUT2D eigenvalue weighted by Crippen LogP contribution is 2.39. The van der Waals surface area contributed by atoms with Gasteiger partial charge in [0, 0.05) is 4.90 Å². The largest absolute Gasteiger partial charge is 0.261 e. The van der Waals surface area contributed by atoms with Gasteiger partial charge in [0.25, 0.3) is 8.24 Å². The van der Waals surface area contributed by atoms with E-state index < -0.39 is 18.0 Å². The maximum atomic E-state index is 15.0. The lowest BCUT2D eigenvalue weighted by molar-refractivity contribution is 0.676. The van der Waals surface area contributed by atoms with Gasteiger partial charge in [0.1, 0.15) is 0 Å². The molecule has 0 radical (unpaired) electrons. The fourth-order valence-corrected chi connectivity index (χ4v) is 14.1. The second-order valence-corrected chi connectivity index (χ2v) is 16.5. The molecule has 0 aliphatic heterocycles. The average Bonchev–Trinajstić information content (AvgIpc) is 3.31. The van der Waals surface area contributed by atoms with Gasteiger partial charge in [-0.25, -0.2) is 4.21 Å². The lowest BCUT2D eigenvalue weighted by Gasteiger charge is -2.40. The van der Waals surface area contributed by atoms with Gasteiger partial charge in [0.2, 0.25) is 0 Å². The Morgan fingerprint density at radius 1 is 0.812 bits per heavy atom. The number of benzene rings is 3. The van der Waals surface area contributed by atoms with Crippen LogP contribution in [0.4, 0.5) is 0 Å². The molecule has 1 aliphatic carbocycles. The summed E-state index contributed by atoms with van der Waals surface area (Å²) in [4.78, 5) is 0.848. The summed E-state index contributed by atoms with van der Waals surface area (Å²) in [7, 11) is -5.49. The van der Waals surface area contributed by atoms with Crippen LogP contribution in [-0.2, 0) is 9.73 Å². The first-order valence-corrected chi connectivity index (χ1v) is 15.1. The normalized spacial score (nSPS) is 16.3. The van der Waals surface area contributed by atoms with Crippen molar-refractivity contribution in [2.75, 3.05) is 5.75 Å². The quantitative estimate of drug-likeness (QED) is 0.319. The zero-order valence-corrected chi connectivity index (χ0v) is 21.1. The first-order valence-electron chi connectivity index (χ1n) is 11.5. The lowest BCUT2D eigenvalue weighted by atomic mass is 10.2. The lowest BCUT2D eigenvalue weighted by Crippen LogP contribution is -2.63. The van der Waals surface area contributed by atoms with Gasteiger partial charge in [-0.2, -0.15) is 0 Å². The van der Waals surface area contributed by atoms with Crippen LogP contribution in [-0.4, -0.2) is 18.2 Å². The fourth-order valence-electron chi connectivity index (χ4n) is 4.78. The predicted octanol–water partition coefficient (Wildman–Crippen LogP) is 6.18. The molecule has 0 fully saturated rings. The highest BCUT2D eigenvalue weighted by Gasteiger charge is 2.50. The summed E-state index contributed by atoms with van der Waals surface area (Å²) in [6.07, 6.45) is 5.54. The Labute approximate surface area is 194 Å². The maximum absolute atomic E-state index is 15.0. The smallest absolute Gasteiger partial charge is 0.260 e. The third kappa shape index (κ3) is 4.39. The molecule has 0 heterocycles. The van der Waals surface area contributed by atoms with E-state index in [2.05, 4.69) is 75.4 Å². The predicted molar refractivity (Wildman–Crippen MR) is 140 cm³/mol. The second-order valence-electron chi connectivity index (χ2n) is 9.64. The van der Waals surface area contributed by atoms with Crippen LogP contribution in [0.1, 0.15) is 40.0 Å². The topological polar surface area (TPSA) is 29.4 Å². The molecule has 4 heteroatoms. The molecule has 1 aliphatic rings. The van der Waals surface area contributed by atoms with Crippen LogP contribution in [0.2, 0.25) is 5.04 Å². The molecule has 0 bridgehead atoms. The van der Waals surface area contributed by atoms with Crippen LogP contribution < -0.4 is 10.4 Å². The van der Waals surface area contributed by atoms with E-state index in [9.17, 15) is 4.21 Å². The van der Waals surface area contributed by atoms with Crippen molar-refractivity contribution < 1.29 is 4.21 Å². The van der Waals surface area contributed by atoms with Crippen molar-refractivity contribution in [2.24, 2.45) is 4.03 Å². The summed E-state index contributed by atoms with van der Waals surface area (Å²) in [5.41, 5.74) is 1.29. The van der Waals surface area contributed by atoms with Crippen LogP contribution in [0.25, 0.3) is 0 Å². The summed E-state index contributed by atoms with van der Waals surface area (Å²) >= 11 is 0. The maximum Gasteiger partial charge on any atom is 0.260 e. The SMILES string of the molecule is CC(C)(C)[Si](N=S(=O)(CC1=CCCC1)c1ccccc1)(c1ccccc1)c1ccccc1. The summed E-state index contributed by atoms with van der Waals surface area (Å²) in [6.45, 7) is 6.80. The number of allylic oxidation sites excluding steroid dienone is 1. The van der Waals surface area contributed by atoms with Crippen molar-refractivity contribution in [3.05, 3.63) is 103 Å². The van der Waals surface area contributed by atoms with Crippen molar-refractivity contribution in [2.45, 2.75) is 50.0 Å². The number of nitrogens with zero attached hydrogens (tertiary/aromatic N) is 1. The summed E-state index contributed by atoms with van der Waals surface area (Å²) in [5.74, 6) is 0.529. The fraction of sp³-hybridized carbons (Fsp3) is 0.286. The number of rotatable bonds is 6. The van der Waals surface area contributed by atoms with Gasteiger partial charge in [-0.3, -0.25) is 4.03 Å². The first-order chi connectivity index (χ1) is 15.4. The minimum atomic E-state index is -2.82. The van der Waals surface area contributed by atoms with Gasteiger partial charge in [0.15, 0.2) is 0 Å². The van der Waals surface area contributed by atoms with E-state index in [0.717, 1.165) is 24.2 Å². The molecule has 0 saturated carbocycles. The third-order valence-corrected chi connectivity index (χ3v) is 14.9. The zero-order chi connectivity index (χ0) is 22.7. The van der Waals surface area contributed by atoms with Crippen LogP contribution in [0.15, 0.2) is 112 Å². The van der Waals surface area contributed by atoms with Crippen LogP contribution in [0.3, 0.4) is 0 Å². The molecule has 3 aromatic rings. The standard InChI is InChI=1S/C28H33NOSSi/c1-28(2,3)32(26-19-9-5-10-20-26,27-21-11-6-12-22-27)29-31(30,23-24-15-13-14-16-24)25-17-7-4-8-18-25/h4-12,15,17-22H,13-14,16,23H2,1-3H3. The molecule has 32 heavy (non-hydrogen) atoms. The summed E-state index contributed by atoms with van der Waals surface area (Å²) in [5, 5.41) is 2.25. The monoisotopic (exact) mass is 459 g/mol. The van der Waals surface area contributed by atoms with Gasteiger partial charge < -0.3 is 0 Å². The third-order valence-electron chi connectivity index (χ3n) is 6.38. The Bertz CT molecular complexity index is 1150. The molecule has 2 nitrogen and oxygen atoms in total. The van der Waals surface area contributed by atoms with Crippen LogP contribution in [0, 0.1) is 0 Å². The van der Waals surface area contributed by atoms with Gasteiger partial charge in [-0.05, 0) is 46.8 Å². The van der Waals surface area contributed by atoms with Crippen LogP contribution >= 0.6 is 0 Å². The summed E-state index contributed by atoms with van der Waals surface area (Å²) < 4.78 is 20.6. The molecule has 0 spiro atoms. The van der Waals surface area contributed by atoms with E-state index in [-0.39, 0.29) is 5.04 Å². The molecule has 0 amide bonds. The molecule has 3 aromatic carbocycles. The molecule has 1 unspecified atom stereocenters. The molecule has 166 valence electrons. The molecule has 0 aromatic heterocycles. The van der Waals surface area contributed by atoms with Crippen LogP contribution in [0.5, 0.6) is 0 Å². The highest BCUT2D eigenvalue weighted by atomic mass is 32.2. The minimum Gasteiger partial charge on any atom is -0.261 e. The van der Waals surface area contributed by atoms with Crippen molar-refractivity contribution in [3.63, 3.8) is 0 Å². The Morgan fingerprint density at radius 3 is 1.75 bits per heavy atom. The highest BCUT2D eigenvalue weighted by molar-refractivity contribution is 7.94. The second kappa shape index (κ2) is 9.20. The molecule has 0 N–H and O–H groups in total. The van der Waals surface area contributed by atoms with Crippen molar-refractivity contribution in [1.29, 1.82) is 0 Å². The first kappa shape index (κ1) is 22.7. The van der Waals surface area contributed by atoms with Gasteiger partial charge in [-0.1, -0.05) is 111 Å². The van der Waals surface area contributed by atoms with E-state index >= 15 is 0 Å². The molecule has 1 atom stereocenters. The Balaban J connectivity index is 2.08. The zero-order valence-electron chi connectivity index (χ0n) is 19.3. The molecular weight excluding hydrogens is 426 g/mol. The summed E-state index contributed by atoms with van der Waals surface area (Å²) in [6, 6.07) is 31.2. The number of hydrogen-bond acceptors (Lipinski definition) is 2.